The Kier molecular flexibility index (Phi) is 5.92. The summed E-state index contributed by atoms with van der Waals surface area (Å²) >= 11 is 1.36. The predicted molar refractivity (Wildman–Crippen MR) is 116 cm³/mol. The van der Waals surface area contributed by atoms with E-state index in [0.717, 1.165) is 33.6 Å². The molecule has 2 aromatic heterocycles. The Bertz CT molecular complexity index is 1280. The lowest BCUT2D eigenvalue weighted by Crippen LogP contribution is -2.04. The number of alkyl halides is 3. The molecule has 0 aliphatic carbocycles. The number of carboxylic acid groups (broad SMARTS) is 1. The molecule has 0 radical (unpaired) electrons. The van der Waals surface area contributed by atoms with Gasteiger partial charge in [0.25, 0.3) is 0 Å². The molecule has 4 aromatic rings. The van der Waals surface area contributed by atoms with Crippen LogP contribution in [0, 0.1) is 6.92 Å². The molecule has 0 amide bonds. The standard InChI is InChI=1S/C23H19F3N2O3S/c1-13-20(32-22(28-13)14-3-2-4-16(9-14)23(24,25)26)7-8-31-17-5-6-18-15(10-21(29)30)12-27-19(18)11-17/h2-6,9,11-12,27H,7-8,10H2,1H3,(H,29,30). The first-order valence-electron chi connectivity index (χ1n) is 9.79. The van der Waals surface area contributed by atoms with Crippen molar-refractivity contribution < 1.29 is 27.8 Å². The number of fused-ring (bicyclic) bond motifs is 1. The van der Waals surface area contributed by atoms with Gasteiger partial charge in [-0.1, -0.05) is 12.1 Å². The molecule has 32 heavy (non-hydrogen) atoms. The second-order valence-electron chi connectivity index (χ2n) is 7.30. The molecule has 166 valence electrons. The van der Waals surface area contributed by atoms with Gasteiger partial charge in [0.15, 0.2) is 0 Å². The zero-order chi connectivity index (χ0) is 22.9. The van der Waals surface area contributed by atoms with Crippen LogP contribution in [0.4, 0.5) is 13.2 Å². The Hall–Kier alpha value is -3.33. The number of aryl methyl sites for hydroxylation is 1. The van der Waals surface area contributed by atoms with Gasteiger partial charge in [0.2, 0.25) is 0 Å². The smallest absolute Gasteiger partial charge is 0.416 e. The van der Waals surface area contributed by atoms with Crippen molar-refractivity contribution in [1.82, 2.24) is 9.97 Å². The molecule has 0 saturated heterocycles. The van der Waals surface area contributed by atoms with Gasteiger partial charge in [-0.05, 0) is 36.8 Å². The van der Waals surface area contributed by atoms with Crippen molar-refractivity contribution in [2.45, 2.75) is 25.9 Å². The van der Waals surface area contributed by atoms with E-state index in [-0.39, 0.29) is 6.42 Å². The van der Waals surface area contributed by atoms with Crippen LogP contribution in [0.5, 0.6) is 5.75 Å². The van der Waals surface area contributed by atoms with Crippen molar-refractivity contribution in [1.29, 1.82) is 0 Å². The van der Waals surface area contributed by atoms with Crippen LogP contribution in [0.1, 0.15) is 21.7 Å². The van der Waals surface area contributed by atoms with Crippen molar-refractivity contribution in [3.05, 3.63) is 70.4 Å². The molecule has 2 heterocycles. The number of thiazole rings is 1. The number of halogens is 3. The highest BCUT2D eigenvalue weighted by molar-refractivity contribution is 7.15. The lowest BCUT2D eigenvalue weighted by atomic mass is 10.1. The van der Waals surface area contributed by atoms with Gasteiger partial charge in [0.05, 0.1) is 24.3 Å². The summed E-state index contributed by atoms with van der Waals surface area (Å²) in [6.45, 7) is 2.21. The van der Waals surface area contributed by atoms with Gasteiger partial charge in [-0.25, -0.2) is 4.98 Å². The Morgan fingerprint density at radius 2 is 2.03 bits per heavy atom. The summed E-state index contributed by atoms with van der Waals surface area (Å²) in [6, 6.07) is 10.6. The number of nitrogens with one attached hydrogen (secondary N) is 1. The summed E-state index contributed by atoms with van der Waals surface area (Å²) < 4.78 is 44.8. The normalized spacial score (nSPS) is 11.8. The second kappa shape index (κ2) is 8.66. The molecule has 0 bridgehead atoms. The van der Waals surface area contributed by atoms with Crippen LogP contribution in [-0.4, -0.2) is 27.7 Å². The monoisotopic (exact) mass is 460 g/mol. The predicted octanol–water partition coefficient (Wildman–Crippen LogP) is 5.87. The van der Waals surface area contributed by atoms with E-state index in [0.29, 0.717) is 34.9 Å². The fourth-order valence-electron chi connectivity index (χ4n) is 3.44. The van der Waals surface area contributed by atoms with Gasteiger partial charge in [-0.2, -0.15) is 13.2 Å². The average Bonchev–Trinajstić information content (AvgIpc) is 3.30. The van der Waals surface area contributed by atoms with Crippen molar-refractivity contribution in [2.75, 3.05) is 6.61 Å². The van der Waals surface area contributed by atoms with Crippen molar-refractivity contribution in [3.8, 4) is 16.3 Å². The Labute approximate surface area is 185 Å². The third-order valence-corrected chi connectivity index (χ3v) is 6.27. The highest BCUT2D eigenvalue weighted by Crippen LogP contribution is 2.34. The Morgan fingerprint density at radius 3 is 2.78 bits per heavy atom. The highest BCUT2D eigenvalue weighted by Gasteiger charge is 2.30. The molecule has 2 aromatic carbocycles. The fourth-order valence-corrected chi connectivity index (χ4v) is 4.48. The summed E-state index contributed by atoms with van der Waals surface area (Å²) in [6.07, 6.45) is -2.21. The lowest BCUT2D eigenvalue weighted by molar-refractivity contribution is -0.138. The van der Waals surface area contributed by atoms with Crippen LogP contribution in [0.2, 0.25) is 0 Å². The minimum Gasteiger partial charge on any atom is -0.493 e. The highest BCUT2D eigenvalue weighted by atomic mass is 32.1. The third kappa shape index (κ3) is 4.77. The number of aromatic amines is 1. The summed E-state index contributed by atoms with van der Waals surface area (Å²) in [5, 5.41) is 10.4. The topological polar surface area (TPSA) is 75.2 Å². The van der Waals surface area contributed by atoms with Gasteiger partial charge in [-0.3, -0.25) is 4.79 Å². The van der Waals surface area contributed by atoms with Crippen LogP contribution in [-0.2, 0) is 23.8 Å². The fraction of sp³-hybridized carbons (Fsp3) is 0.217. The number of nitrogens with zero attached hydrogens (tertiary/aromatic N) is 1. The van der Waals surface area contributed by atoms with Crippen LogP contribution in [0.3, 0.4) is 0 Å². The van der Waals surface area contributed by atoms with E-state index >= 15 is 0 Å². The maximum Gasteiger partial charge on any atom is 0.416 e. The summed E-state index contributed by atoms with van der Waals surface area (Å²) in [5.74, 6) is -0.253. The molecule has 0 aliphatic rings. The van der Waals surface area contributed by atoms with E-state index in [4.69, 9.17) is 9.84 Å². The van der Waals surface area contributed by atoms with E-state index in [1.165, 1.54) is 17.4 Å². The largest absolute Gasteiger partial charge is 0.493 e. The number of hydrogen-bond donors (Lipinski definition) is 2. The van der Waals surface area contributed by atoms with E-state index in [1.807, 2.05) is 19.1 Å². The molecule has 0 aliphatic heterocycles. The molecule has 2 N–H and O–H groups in total. The summed E-state index contributed by atoms with van der Waals surface area (Å²) in [7, 11) is 0. The molecular formula is C23H19F3N2O3S. The molecule has 4 rings (SSSR count). The van der Waals surface area contributed by atoms with E-state index in [1.54, 1.807) is 18.3 Å². The molecule has 0 spiro atoms. The molecular weight excluding hydrogens is 441 g/mol. The number of aliphatic carboxylic acids is 1. The summed E-state index contributed by atoms with van der Waals surface area (Å²) in [4.78, 5) is 19.4. The van der Waals surface area contributed by atoms with Crippen LogP contribution >= 0.6 is 11.3 Å². The first kappa shape index (κ1) is 21.9. The maximum atomic E-state index is 13.0. The molecule has 0 fully saturated rings. The number of aromatic nitrogens is 2. The first-order chi connectivity index (χ1) is 15.2. The molecule has 0 unspecified atom stereocenters. The van der Waals surface area contributed by atoms with Gasteiger partial charge < -0.3 is 14.8 Å². The van der Waals surface area contributed by atoms with Gasteiger partial charge in [-0.15, -0.1) is 11.3 Å². The van der Waals surface area contributed by atoms with Crippen molar-refractivity contribution >= 4 is 28.2 Å². The second-order valence-corrected chi connectivity index (χ2v) is 8.38. The molecule has 0 atom stereocenters. The number of hydrogen-bond acceptors (Lipinski definition) is 4. The number of rotatable bonds is 7. The lowest BCUT2D eigenvalue weighted by Gasteiger charge is -2.07. The molecule has 0 saturated carbocycles. The third-order valence-electron chi connectivity index (χ3n) is 5.01. The minimum atomic E-state index is -4.40. The Balaban J connectivity index is 1.43. The maximum absolute atomic E-state index is 13.0. The Morgan fingerprint density at radius 1 is 1.22 bits per heavy atom. The minimum absolute atomic E-state index is 0.0565. The van der Waals surface area contributed by atoms with Gasteiger partial charge in [0, 0.05) is 40.0 Å². The number of carboxylic acids is 1. The van der Waals surface area contributed by atoms with E-state index in [2.05, 4.69) is 9.97 Å². The number of H-pyrrole nitrogens is 1. The summed E-state index contributed by atoms with van der Waals surface area (Å²) in [5.41, 5.74) is 2.01. The van der Waals surface area contributed by atoms with Crippen molar-refractivity contribution in [3.63, 3.8) is 0 Å². The quantitative estimate of drug-likeness (QED) is 0.362. The van der Waals surface area contributed by atoms with Gasteiger partial charge in [0.1, 0.15) is 10.8 Å². The number of ether oxygens (including phenoxy) is 1. The molecule has 5 nitrogen and oxygen atoms in total. The zero-order valence-corrected chi connectivity index (χ0v) is 17.8. The number of carbonyl (C=O) groups is 1. The number of benzene rings is 2. The molecule has 9 heteroatoms. The SMILES string of the molecule is Cc1nc(-c2cccc(C(F)(F)F)c2)sc1CCOc1ccc2c(CC(=O)O)c[nH]c2c1. The first-order valence-corrected chi connectivity index (χ1v) is 10.6. The zero-order valence-electron chi connectivity index (χ0n) is 17.0. The van der Waals surface area contributed by atoms with Crippen molar-refractivity contribution in [2.24, 2.45) is 0 Å². The average molecular weight is 460 g/mol. The van der Waals surface area contributed by atoms with Crippen LogP contribution in [0.15, 0.2) is 48.7 Å². The van der Waals surface area contributed by atoms with Gasteiger partial charge >= 0.3 is 12.1 Å². The van der Waals surface area contributed by atoms with Crippen LogP contribution in [0.25, 0.3) is 21.5 Å². The van der Waals surface area contributed by atoms with Crippen LogP contribution < -0.4 is 4.74 Å². The van der Waals surface area contributed by atoms with E-state index in [9.17, 15) is 18.0 Å². The van der Waals surface area contributed by atoms with E-state index < -0.39 is 17.7 Å².